The van der Waals surface area contributed by atoms with E-state index in [1.165, 1.54) is 49.6 Å². The molecule has 8 rings (SSSR count). The zero-order valence-corrected chi connectivity index (χ0v) is 33.6. The Morgan fingerprint density at radius 2 is 1.59 bits per heavy atom. The molecule has 0 radical (unpaired) electrons. The van der Waals surface area contributed by atoms with Crippen molar-refractivity contribution in [1.82, 2.24) is 20.0 Å². The van der Waals surface area contributed by atoms with E-state index >= 15 is 4.79 Å². The summed E-state index contributed by atoms with van der Waals surface area (Å²) in [5, 5.41) is 13.1. The van der Waals surface area contributed by atoms with Gasteiger partial charge >= 0.3 is 12.4 Å². The number of rotatable bonds is 7. The molecule has 1 saturated carbocycles. The van der Waals surface area contributed by atoms with Crippen LogP contribution in [0.2, 0.25) is 15.1 Å². The number of aromatic nitrogens is 2. The number of fused-ring (bicyclic) bond motifs is 4. The number of aromatic hydroxyl groups is 1. The molecule has 2 saturated heterocycles. The summed E-state index contributed by atoms with van der Waals surface area (Å²) in [4.78, 5) is 66.5. The molecule has 6 unspecified atom stereocenters. The van der Waals surface area contributed by atoms with E-state index in [1.807, 2.05) is 0 Å². The Kier molecular flexibility index (Phi) is 10.2. The van der Waals surface area contributed by atoms with Crippen molar-refractivity contribution in [2.75, 3.05) is 24.6 Å². The molecule has 21 heteroatoms. The number of anilines is 2. The third kappa shape index (κ3) is 6.61. The molecule has 6 atom stereocenters. The van der Waals surface area contributed by atoms with E-state index in [0.29, 0.717) is 33.9 Å². The molecule has 2 N–H and O–H groups in total. The van der Waals surface area contributed by atoms with Gasteiger partial charge in [-0.05, 0) is 72.9 Å². The highest BCUT2D eigenvalue weighted by atomic mass is 35.5. The van der Waals surface area contributed by atoms with Crippen LogP contribution in [0.3, 0.4) is 0 Å². The number of phenols is 1. The van der Waals surface area contributed by atoms with Gasteiger partial charge in [-0.25, -0.2) is 9.97 Å². The number of pyridine rings is 2. The van der Waals surface area contributed by atoms with Crippen molar-refractivity contribution in [3.63, 3.8) is 0 Å². The molecule has 0 bridgehead atoms. The molecule has 4 aromatic rings. The summed E-state index contributed by atoms with van der Waals surface area (Å²) in [6.45, 7) is 0. The second-order valence-electron chi connectivity index (χ2n) is 14.9. The standard InChI is InChI=1S/C40H29Cl3F6N6O6/c1-53(33-26(42)10-12-29(51-33)40(47,48)49)55-34(57)22-9-8-21-23(30(22)36(55)59)15-25-35(58)54(52-32-27(43)13-18(16-50-32)39(44,45)46)37(60)38(25,17-3-5-19(41)6-4-17)31(21)24-14-20(61-2)7-11-28(24)56/h3-8,10-14,16,22-23,25,30-31,56H,9,15H2,1-2H3,(H,50,52). The summed E-state index contributed by atoms with van der Waals surface area (Å²) in [7, 11) is 2.51. The van der Waals surface area contributed by atoms with Crippen molar-refractivity contribution in [2.45, 2.75) is 36.5 Å². The number of imide groups is 2. The number of nitrogens with zero attached hydrogens (tertiary/aromatic N) is 5. The smallest absolute Gasteiger partial charge is 0.433 e. The van der Waals surface area contributed by atoms with Crippen molar-refractivity contribution in [3.05, 3.63) is 116 Å². The van der Waals surface area contributed by atoms with Crippen LogP contribution in [0, 0.1) is 23.7 Å². The van der Waals surface area contributed by atoms with Crippen molar-refractivity contribution in [1.29, 1.82) is 0 Å². The van der Waals surface area contributed by atoms with E-state index in [4.69, 9.17) is 39.5 Å². The molecule has 61 heavy (non-hydrogen) atoms. The van der Waals surface area contributed by atoms with E-state index in [1.54, 1.807) is 6.08 Å². The van der Waals surface area contributed by atoms with Crippen molar-refractivity contribution in [3.8, 4) is 11.5 Å². The summed E-state index contributed by atoms with van der Waals surface area (Å²) in [5.74, 6) is -10.7. The highest BCUT2D eigenvalue weighted by Crippen LogP contribution is 2.65. The first-order valence-corrected chi connectivity index (χ1v) is 19.4. The fourth-order valence-corrected chi connectivity index (χ4v) is 9.77. The molecule has 2 aromatic carbocycles. The summed E-state index contributed by atoms with van der Waals surface area (Å²) in [6.07, 6.45) is -8.01. The van der Waals surface area contributed by atoms with Gasteiger partial charge in [0.15, 0.2) is 11.6 Å². The van der Waals surface area contributed by atoms with Crippen molar-refractivity contribution in [2.24, 2.45) is 23.7 Å². The lowest BCUT2D eigenvalue weighted by molar-refractivity contribution is -0.142. The molecule has 4 heterocycles. The minimum absolute atomic E-state index is 0.0769. The number of alkyl halides is 6. The van der Waals surface area contributed by atoms with E-state index in [2.05, 4.69) is 15.4 Å². The lowest BCUT2D eigenvalue weighted by atomic mass is 9.49. The lowest BCUT2D eigenvalue weighted by Crippen LogP contribution is -2.53. The lowest BCUT2D eigenvalue weighted by Gasteiger charge is -2.50. The van der Waals surface area contributed by atoms with Gasteiger partial charge in [0.2, 0.25) is 0 Å². The monoisotopic (exact) mass is 908 g/mol. The predicted molar refractivity (Wildman–Crippen MR) is 206 cm³/mol. The molecular weight excluding hydrogens is 881 g/mol. The quantitative estimate of drug-likeness (QED) is 0.106. The first-order valence-electron chi connectivity index (χ1n) is 18.3. The van der Waals surface area contributed by atoms with Gasteiger partial charge in [-0.1, -0.05) is 58.6 Å². The average Bonchev–Trinajstić information content (AvgIpc) is 3.58. The normalized spacial score (nSPS) is 25.0. The van der Waals surface area contributed by atoms with Crippen LogP contribution in [0.4, 0.5) is 38.0 Å². The van der Waals surface area contributed by atoms with Crippen LogP contribution in [-0.2, 0) is 36.9 Å². The van der Waals surface area contributed by atoms with Gasteiger partial charge in [0, 0.05) is 29.7 Å². The minimum Gasteiger partial charge on any atom is -0.508 e. The van der Waals surface area contributed by atoms with E-state index in [0.717, 1.165) is 18.1 Å². The zero-order chi connectivity index (χ0) is 44.1. The summed E-state index contributed by atoms with van der Waals surface area (Å²) >= 11 is 18.8. The van der Waals surface area contributed by atoms with Gasteiger partial charge in [-0.2, -0.15) is 36.4 Å². The van der Waals surface area contributed by atoms with Crippen LogP contribution in [0.15, 0.2) is 78.5 Å². The Morgan fingerprint density at radius 3 is 2.23 bits per heavy atom. The molecule has 3 fully saturated rings. The van der Waals surface area contributed by atoms with Gasteiger partial charge in [0.1, 0.15) is 17.2 Å². The number of hydrazine groups is 2. The number of carbonyl (C=O) groups is 4. The Balaban J connectivity index is 1.29. The second kappa shape index (κ2) is 14.8. The van der Waals surface area contributed by atoms with Crippen molar-refractivity contribution < 1.29 is 55.4 Å². The van der Waals surface area contributed by atoms with Crippen LogP contribution in [0.25, 0.3) is 0 Å². The SMILES string of the molecule is COc1ccc(O)c(C2C3=CCC4C(=O)N(N(C)c5nc(C(F)(F)F)ccc5Cl)C(=O)C4C3CC3C(=O)N(Nc4ncc(C(F)(F)F)cc4Cl)C(=O)C32c2ccc(Cl)cc2)c1. The summed E-state index contributed by atoms with van der Waals surface area (Å²) in [5.41, 5.74) is -1.33. The maximum absolute atomic E-state index is 15.4. The van der Waals surface area contributed by atoms with E-state index in [9.17, 15) is 45.8 Å². The topological polar surface area (TPSA) is 145 Å². The van der Waals surface area contributed by atoms with Gasteiger partial charge in [-0.15, -0.1) is 0 Å². The van der Waals surface area contributed by atoms with E-state index < -0.39 is 98.9 Å². The first kappa shape index (κ1) is 42.1. The Morgan fingerprint density at radius 1 is 0.885 bits per heavy atom. The largest absolute Gasteiger partial charge is 0.508 e. The van der Waals surface area contributed by atoms with Gasteiger partial charge in [0.05, 0.1) is 45.9 Å². The Labute approximate surface area is 356 Å². The molecule has 318 valence electrons. The second-order valence-corrected chi connectivity index (χ2v) is 16.1. The number of hydrogen-bond acceptors (Lipinski definition) is 10. The average molecular weight is 910 g/mol. The van der Waals surface area contributed by atoms with Crippen LogP contribution in [-0.4, -0.2) is 62.9 Å². The number of nitrogens with one attached hydrogen (secondary N) is 1. The highest BCUT2D eigenvalue weighted by molar-refractivity contribution is 6.33. The number of benzene rings is 2. The predicted octanol–water partition coefficient (Wildman–Crippen LogP) is 8.22. The number of phenolic OH excluding ortho intramolecular Hbond substituents is 1. The fraction of sp³-hybridized carbons (Fsp3) is 0.300. The number of halogens is 9. The van der Waals surface area contributed by atoms with Crippen LogP contribution >= 0.6 is 34.8 Å². The van der Waals surface area contributed by atoms with Gasteiger partial charge in [0.25, 0.3) is 23.6 Å². The molecule has 4 aliphatic rings. The third-order valence-corrected chi connectivity index (χ3v) is 12.6. The molecule has 2 aliphatic carbocycles. The summed E-state index contributed by atoms with van der Waals surface area (Å²) in [6, 6.07) is 12.3. The van der Waals surface area contributed by atoms with Crippen LogP contribution < -0.4 is 15.2 Å². The van der Waals surface area contributed by atoms with Gasteiger partial charge in [-0.3, -0.25) is 29.6 Å². The van der Waals surface area contributed by atoms with Crippen LogP contribution in [0.1, 0.15) is 41.1 Å². The summed E-state index contributed by atoms with van der Waals surface area (Å²) < 4.78 is 87.2. The molecule has 2 aromatic heterocycles. The maximum Gasteiger partial charge on any atom is 0.433 e. The number of allylic oxidation sites excluding steroid dienone is 2. The zero-order valence-electron chi connectivity index (χ0n) is 31.4. The highest BCUT2D eigenvalue weighted by Gasteiger charge is 2.71. The number of amides is 4. The van der Waals surface area contributed by atoms with Crippen LogP contribution in [0.5, 0.6) is 11.5 Å². The van der Waals surface area contributed by atoms with E-state index in [-0.39, 0.29) is 45.5 Å². The Hall–Kier alpha value is -5.59. The molecular formula is C40H29Cl3F6N6O6. The number of carbonyl (C=O) groups excluding carboxylic acids is 4. The first-order chi connectivity index (χ1) is 28.7. The van der Waals surface area contributed by atoms with Crippen molar-refractivity contribution >= 4 is 70.1 Å². The molecule has 0 spiro atoms. The molecule has 2 aliphatic heterocycles. The Bertz CT molecular complexity index is 2560. The third-order valence-electron chi connectivity index (χ3n) is 11.8. The number of hydrogen-bond donors (Lipinski definition) is 2. The molecule has 4 amide bonds. The fourth-order valence-electron chi connectivity index (χ4n) is 9.21. The molecule has 12 nitrogen and oxygen atoms in total. The minimum atomic E-state index is -4.90. The maximum atomic E-state index is 15.4. The number of methoxy groups -OCH3 is 1. The number of ether oxygens (including phenoxy) is 1. The van der Waals surface area contributed by atoms with Gasteiger partial charge < -0.3 is 9.84 Å².